The summed E-state index contributed by atoms with van der Waals surface area (Å²) in [6.45, 7) is 4.49. The maximum atomic E-state index is 13.5. The Morgan fingerprint density at radius 1 is 1.20 bits per heavy atom. The van der Waals surface area contributed by atoms with Crippen LogP contribution < -0.4 is 21.7 Å². The first-order chi connectivity index (χ1) is 19.1. The van der Waals surface area contributed by atoms with E-state index in [0.29, 0.717) is 18.0 Å². The number of carbonyl (C=O) groups is 2. The smallest absolute Gasteiger partial charge is 0.317 e. The summed E-state index contributed by atoms with van der Waals surface area (Å²) in [7, 11) is 9.61. The van der Waals surface area contributed by atoms with E-state index in [-0.39, 0.29) is 42.1 Å². The number of carbonyl (C=O) groups excluding carboxylic acids is 2. The Hall–Kier alpha value is -3.54. The second kappa shape index (κ2) is 12.8. The zero-order valence-corrected chi connectivity index (χ0v) is 24.4. The number of aliphatic imine (C=N–C) groups is 2. The average molecular weight is 550 g/mol. The van der Waals surface area contributed by atoms with Crippen LogP contribution in [0.2, 0.25) is 0 Å². The van der Waals surface area contributed by atoms with Crippen LogP contribution >= 0.6 is 0 Å². The SMILES string of the molecule is CC(/C=C\C(=C/N)NC(=O)C1=NC2NC2C2=CCC(C3=CC(NC(=O)N(C)C)CN=C3)C=C21)N(C)CCN(C)C. The lowest BCUT2D eigenvalue weighted by molar-refractivity contribution is -0.114. The van der Waals surface area contributed by atoms with Gasteiger partial charge < -0.3 is 26.2 Å². The minimum absolute atomic E-state index is 0.0258. The predicted molar refractivity (Wildman–Crippen MR) is 160 cm³/mol. The number of nitrogens with one attached hydrogen (secondary N) is 3. The number of dihydropyridines is 1. The van der Waals surface area contributed by atoms with Crippen LogP contribution in [0.3, 0.4) is 0 Å². The van der Waals surface area contributed by atoms with E-state index < -0.39 is 0 Å². The van der Waals surface area contributed by atoms with Crippen LogP contribution in [0.1, 0.15) is 13.3 Å². The summed E-state index contributed by atoms with van der Waals surface area (Å²) in [5.41, 5.74) is 9.77. The van der Waals surface area contributed by atoms with Gasteiger partial charge in [-0.25, -0.2) is 4.79 Å². The van der Waals surface area contributed by atoms with E-state index in [4.69, 9.17) is 10.7 Å². The van der Waals surface area contributed by atoms with E-state index in [9.17, 15) is 9.59 Å². The van der Waals surface area contributed by atoms with Gasteiger partial charge in [-0.1, -0.05) is 24.3 Å². The molecular formula is C29H43N9O2. The highest BCUT2D eigenvalue weighted by Gasteiger charge is 2.47. The van der Waals surface area contributed by atoms with Crippen molar-refractivity contribution in [1.82, 2.24) is 30.7 Å². The van der Waals surface area contributed by atoms with E-state index >= 15 is 0 Å². The maximum Gasteiger partial charge on any atom is 0.317 e. The minimum Gasteiger partial charge on any atom is -0.403 e. The maximum absolute atomic E-state index is 13.5. The lowest BCUT2D eigenvalue weighted by atomic mass is 9.81. The van der Waals surface area contributed by atoms with Crippen LogP contribution in [0, 0.1) is 5.92 Å². The van der Waals surface area contributed by atoms with Crippen molar-refractivity contribution in [2.24, 2.45) is 21.6 Å². The van der Waals surface area contributed by atoms with Crippen molar-refractivity contribution < 1.29 is 9.59 Å². The van der Waals surface area contributed by atoms with Crippen molar-refractivity contribution in [2.75, 3.05) is 54.9 Å². The summed E-state index contributed by atoms with van der Waals surface area (Å²) in [6.07, 6.45) is 14.2. The molecule has 5 atom stereocenters. The van der Waals surface area contributed by atoms with Gasteiger partial charge in [-0.2, -0.15) is 0 Å². The van der Waals surface area contributed by atoms with Crippen LogP contribution in [0.25, 0.3) is 0 Å². The van der Waals surface area contributed by atoms with Crippen molar-refractivity contribution in [3.63, 3.8) is 0 Å². The number of amides is 3. The van der Waals surface area contributed by atoms with Crippen molar-refractivity contribution in [3.8, 4) is 0 Å². The van der Waals surface area contributed by atoms with Gasteiger partial charge in [-0.05, 0) is 51.7 Å². The summed E-state index contributed by atoms with van der Waals surface area (Å²) in [6, 6.07) is -0.0148. The number of rotatable bonds is 10. The normalized spacial score (nSPS) is 26.4. The Morgan fingerprint density at radius 2 is 1.98 bits per heavy atom. The molecule has 0 radical (unpaired) electrons. The predicted octanol–water partition coefficient (Wildman–Crippen LogP) is 0.617. The first kappa shape index (κ1) is 29.4. The standard InChI is InChI=1S/C29H43N9O2/c1-18(38(6)12-11-36(2)3)7-9-21(15-30)32-28(39)26-24-14-19(8-10-23(24)25-27(34-25)35-26)20-13-22(17-31-16-20)33-29(40)37(4)5/h7,9-10,13-16,18-19,22,25,27,34H,8,11-12,17,30H2,1-6H3,(H,32,39)(H,33,40)/b9-7-,21-15+. The van der Waals surface area contributed by atoms with Crippen molar-refractivity contribution in [3.05, 3.63) is 59.0 Å². The molecule has 1 fully saturated rings. The van der Waals surface area contributed by atoms with E-state index in [0.717, 1.165) is 36.2 Å². The highest BCUT2D eigenvalue weighted by molar-refractivity contribution is 6.47. The molecule has 4 aliphatic rings. The second-order valence-electron chi connectivity index (χ2n) is 11.2. The number of nitrogens with two attached hydrogens (primary N) is 1. The van der Waals surface area contributed by atoms with Crippen LogP contribution in [0.15, 0.2) is 69.0 Å². The highest BCUT2D eigenvalue weighted by Crippen LogP contribution is 2.39. The average Bonchev–Trinajstić information content (AvgIpc) is 3.73. The number of urea groups is 1. The number of nitrogens with zero attached hydrogens (tertiary/aromatic N) is 5. The monoisotopic (exact) mass is 549 g/mol. The van der Waals surface area contributed by atoms with Crippen LogP contribution in [0.5, 0.6) is 0 Å². The summed E-state index contributed by atoms with van der Waals surface area (Å²) in [4.78, 5) is 40.7. The van der Waals surface area contributed by atoms with Gasteiger partial charge in [0.05, 0.1) is 24.3 Å². The summed E-state index contributed by atoms with van der Waals surface area (Å²) in [5, 5.41) is 9.29. The Balaban J connectivity index is 1.46. The first-order valence-corrected chi connectivity index (χ1v) is 13.8. The van der Waals surface area contributed by atoms with E-state index in [1.54, 1.807) is 14.1 Å². The van der Waals surface area contributed by atoms with Gasteiger partial charge in [-0.3, -0.25) is 25.0 Å². The van der Waals surface area contributed by atoms with Crippen LogP contribution in [-0.2, 0) is 4.79 Å². The molecule has 1 saturated heterocycles. The molecule has 0 saturated carbocycles. The molecule has 11 nitrogen and oxygen atoms in total. The number of hydrogen-bond acceptors (Lipinski definition) is 8. The fraction of sp³-hybridized carbons (Fsp3) is 0.517. The minimum atomic E-state index is -0.290. The van der Waals surface area contributed by atoms with Crippen molar-refractivity contribution in [2.45, 2.75) is 37.6 Å². The molecule has 216 valence electrons. The van der Waals surface area contributed by atoms with Gasteiger partial charge >= 0.3 is 6.03 Å². The third-order valence-electron chi connectivity index (χ3n) is 7.57. The second-order valence-corrected chi connectivity index (χ2v) is 11.2. The topological polar surface area (TPSA) is 141 Å². The molecule has 0 spiro atoms. The number of fused-ring (bicyclic) bond motifs is 3. The number of hydrogen-bond donors (Lipinski definition) is 4. The largest absolute Gasteiger partial charge is 0.403 e. The number of allylic oxidation sites excluding steroid dienone is 4. The van der Waals surface area contributed by atoms with E-state index in [2.05, 4.69) is 77.0 Å². The fourth-order valence-corrected chi connectivity index (χ4v) is 4.84. The quantitative estimate of drug-likeness (QED) is 0.233. The van der Waals surface area contributed by atoms with Gasteiger partial charge in [0.25, 0.3) is 5.91 Å². The third-order valence-corrected chi connectivity index (χ3v) is 7.57. The first-order valence-electron chi connectivity index (χ1n) is 13.8. The van der Waals surface area contributed by atoms with Gasteiger partial charge in [0.1, 0.15) is 11.9 Å². The molecule has 0 aromatic rings. The molecule has 11 heteroatoms. The Labute approximate surface area is 237 Å². The van der Waals surface area contributed by atoms with Gasteiger partial charge in [0.15, 0.2) is 0 Å². The highest BCUT2D eigenvalue weighted by atomic mass is 16.2. The van der Waals surface area contributed by atoms with Crippen LogP contribution in [-0.4, -0.2) is 118 Å². The molecular weight excluding hydrogens is 506 g/mol. The molecule has 1 aliphatic carbocycles. The van der Waals surface area contributed by atoms with Crippen LogP contribution in [0.4, 0.5) is 4.79 Å². The Kier molecular flexibility index (Phi) is 9.39. The zero-order valence-electron chi connectivity index (χ0n) is 24.4. The summed E-state index contributed by atoms with van der Waals surface area (Å²) in [5.74, 6) is -0.264. The van der Waals surface area contributed by atoms with Gasteiger partial charge in [0, 0.05) is 57.1 Å². The molecule has 3 aliphatic heterocycles. The summed E-state index contributed by atoms with van der Waals surface area (Å²) >= 11 is 0. The molecule has 3 amide bonds. The number of likely N-dealkylation sites (N-methyl/N-ethyl adjacent to an activating group) is 2. The molecule has 0 aromatic heterocycles. The third kappa shape index (κ3) is 7.15. The van der Waals surface area contributed by atoms with E-state index in [1.807, 2.05) is 18.4 Å². The molecule has 40 heavy (non-hydrogen) atoms. The summed E-state index contributed by atoms with van der Waals surface area (Å²) < 4.78 is 0. The molecule has 0 aromatic carbocycles. The van der Waals surface area contributed by atoms with Gasteiger partial charge in [0.2, 0.25) is 0 Å². The fourth-order valence-electron chi connectivity index (χ4n) is 4.84. The molecule has 4 rings (SSSR count). The molecule has 5 N–H and O–H groups in total. The zero-order chi connectivity index (χ0) is 29.0. The lowest BCUT2D eigenvalue weighted by Crippen LogP contribution is -2.43. The van der Waals surface area contributed by atoms with Crippen molar-refractivity contribution in [1.29, 1.82) is 0 Å². The van der Waals surface area contributed by atoms with Gasteiger partial charge in [-0.15, -0.1) is 0 Å². The Morgan fingerprint density at radius 3 is 2.67 bits per heavy atom. The lowest BCUT2D eigenvalue weighted by Gasteiger charge is -2.27. The Bertz CT molecular complexity index is 1210. The molecule has 5 unspecified atom stereocenters. The van der Waals surface area contributed by atoms with Crippen molar-refractivity contribution >= 4 is 23.9 Å². The van der Waals surface area contributed by atoms with E-state index in [1.165, 1.54) is 11.1 Å². The molecule has 3 heterocycles. The molecule has 0 bridgehead atoms.